The third-order valence-corrected chi connectivity index (χ3v) is 6.92. The van der Waals surface area contributed by atoms with Crippen molar-refractivity contribution in [1.29, 1.82) is 0 Å². The predicted molar refractivity (Wildman–Crippen MR) is 133 cm³/mol. The molecule has 0 radical (unpaired) electrons. The van der Waals surface area contributed by atoms with Crippen LogP contribution in [0.25, 0.3) is 16.3 Å². The minimum Gasteiger partial charge on any atom is -0.497 e. The van der Waals surface area contributed by atoms with Crippen molar-refractivity contribution in [1.82, 2.24) is 14.7 Å². The fourth-order valence-corrected chi connectivity index (χ4v) is 4.79. The number of rotatable bonds is 5. The van der Waals surface area contributed by atoms with Crippen LogP contribution in [0.3, 0.4) is 0 Å². The number of carbonyl (C=O) groups excluding carboxylic acids is 1. The minimum absolute atomic E-state index is 0.0189. The highest BCUT2D eigenvalue weighted by molar-refractivity contribution is 7.13. The van der Waals surface area contributed by atoms with Gasteiger partial charge in [-0.15, -0.1) is 11.3 Å². The predicted octanol–water partition coefficient (Wildman–Crippen LogP) is 5.23. The van der Waals surface area contributed by atoms with Crippen molar-refractivity contribution in [3.63, 3.8) is 0 Å². The molecule has 2 aromatic carbocycles. The normalized spacial score (nSPS) is 13.9. The van der Waals surface area contributed by atoms with Crippen LogP contribution in [-0.2, 0) is 0 Å². The Kier molecular flexibility index (Phi) is 6.07. The molecule has 6 nitrogen and oxygen atoms in total. The van der Waals surface area contributed by atoms with Crippen LogP contribution in [-0.4, -0.2) is 53.9 Å². The first-order valence-electron chi connectivity index (χ1n) is 10.7. The maximum Gasteiger partial charge on any atom is 0.272 e. The van der Waals surface area contributed by atoms with Crippen LogP contribution in [0.15, 0.2) is 72.1 Å². The van der Waals surface area contributed by atoms with E-state index < -0.39 is 0 Å². The quantitative estimate of drug-likeness (QED) is 0.394. The molecule has 33 heavy (non-hydrogen) atoms. The third-order valence-electron chi connectivity index (χ3n) is 5.78. The average Bonchev–Trinajstić information content (AvgIpc) is 3.55. The SMILES string of the molecule is COc1ccc(N2CCN(C(=O)c3cc(-c4cccs4)nn3-c3ccc(Cl)cc3)CC2)cc1. The lowest BCUT2D eigenvalue weighted by atomic mass is 10.2. The van der Waals surface area contributed by atoms with Gasteiger partial charge in [0, 0.05) is 36.9 Å². The standard InChI is InChI=1S/C25H23ClN4O2S/c1-32-21-10-8-19(9-11-21)28-12-14-29(15-13-28)25(31)23-17-22(24-3-2-16-33-24)27-30(23)20-6-4-18(26)5-7-20/h2-11,16-17H,12-15H2,1H3. The summed E-state index contributed by atoms with van der Waals surface area (Å²) in [5, 5.41) is 7.42. The summed E-state index contributed by atoms with van der Waals surface area (Å²) >= 11 is 7.68. The first-order valence-corrected chi connectivity index (χ1v) is 12.0. The molecule has 0 saturated carbocycles. The number of anilines is 1. The summed E-state index contributed by atoms with van der Waals surface area (Å²) in [7, 11) is 1.66. The average molecular weight is 479 g/mol. The van der Waals surface area contributed by atoms with Crippen molar-refractivity contribution in [3.8, 4) is 22.0 Å². The van der Waals surface area contributed by atoms with Gasteiger partial charge < -0.3 is 14.5 Å². The Labute approximate surface area is 201 Å². The Hall–Kier alpha value is -3.29. The molecule has 0 unspecified atom stereocenters. The van der Waals surface area contributed by atoms with E-state index in [4.69, 9.17) is 21.4 Å². The molecule has 5 rings (SSSR count). The van der Waals surface area contributed by atoms with E-state index in [2.05, 4.69) is 17.0 Å². The number of ether oxygens (including phenoxy) is 1. The Balaban J connectivity index is 1.38. The number of methoxy groups -OCH3 is 1. The van der Waals surface area contributed by atoms with E-state index in [1.165, 1.54) is 0 Å². The molecule has 2 aromatic heterocycles. The summed E-state index contributed by atoms with van der Waals surface area (Å²) in [6, 6.07) is 21.3. The second-order valence-corrected chi connectivity index (χ2v) is 9.14. The number of thiophene rings is 1. The molecule has 1 fully saturated rings. The smallest absolute Gasteiger partial charge is 0.272 e. The van der Waals surface area contributed by atoms with Crippen LogP contribution in [0.5, 0.6) is 5.75 Å². The van der Waals surface area contributed by atoms with E-state index in [1.807, 2.05) is 64.9 Å². The van der Waals surface area contributed by atoms with Crippen LogP contribution in [0.1, 0.15) is 10.5 Å². The van der Waals surface area contributed by atoms with E-state index in [1.54, 1.807) is 23.1 Å². The van der Waals surface area contributed by atoms with E-state index in [-0.39, 0.29) is 5.91 Å². The summed E-state index contributed by atoms with van der Waals surface area (Å²) in [5.41, 5.74) is 3.29. The number of carbonyl (C=O) groups is 1. The molecule has 0 atom stereocenters. The van der Waals surface area contributed by atoms with E-state index in [9.17, 15) is 4.79 Å². The molecule has 3 heterocycles. The fourth-order valence-electron chi connectivity index (χ4n) is 3.98. The van der Waals surface area contributed by atoms with Gasteiger partial charge in [0.25, 0.3) is 5.91 Å². The van der Waals surface area contributed by atoms with Gasteiger partial charge in [-0.3, -0.25) is 4.79 Å². The van der Waals surface area contributed by atoms with Gasteiger partial charge in [-0.1, -0.05) is 17.7 Å². The highest BCUT2D eigenvalue weighted by Crippen LogP contribution is 2.27. The van der Waals surface area contributed by atoms with Gasteiger partial charge in [0.15, 0.2) is 0 Å². The molecule has 168 valence electrons. The first kappa shape index (κ1) is 21.6. The second-order valence-electron chi connectivity index (χ2n) is 7.76. The maximum absolute atomic E-state index is 13.6. The number of nitrogens with zero attached hydrogens (tertiary/aromatic N) is 4. The number of benzene rings is 2. The minimum atomic E-state index is -0.0189. The number of aromatic nitrogens is 2. The zero-order valence-corrected chi connectivity index (χ0v) is 19.7. The van der Waals surface area contributed by atoms with E-state index >= 15 is 0 Å². The summed E-state index contributed by atoms with van der Waals surface area (Å²) < 4.78 is 6.98. The van der Waals surface area contributed by atoms with Crippen molar-refractivity contribution in [3.05, 3.63) is 82.8 Å². The monoisotopic (exact) mass is 478 g/mol. The lowest BCUT2D eigenvalue weighted by Gasteiger charge is -2.36. The van der Waals surface area contributed by atoms with Crippen molar-refractivity contribution >= 4 is 34.5 Å². The van der Waals surface area contributed by atoms with Gasteiger partial charge in [0.05, 0.1) is 17.7 Å². The zero-order valence-electron chi connectivity index (χ0n) is 18.1. The first-order chi connectivity index (χ1) is 16.1. The lowest BCUT2D eigenvalue weighted by molar-refractivity contribution is 0.0737. The maximum atomic E-state index is 13.6. The second kappa shape index (κ2) is 9.29. The summed E-state index contributed by atoms with van der Waals surface area (Å²) in [6.45, 7) is 2.83. The Morgan fingerprint density at radius 2 is 1.67 bits per heavy atom. The largest absolute Gasteiger partial charge is 0.497 e. The van der Waals surface area contributed by atoms with Crippen LogP contribution < -0.4 is 9.64 Å². The fraction of sp³-hybridized carbons (Fsp3) is 0.200. The number of amides is 1. The number of halogens is 1. The molecule has 8 heteroatoms. The van der Waals surface area contributed by atoms with Crippen molar-refractivity contribution in [2.24, 2.45) is 0 Å². The van der Waals surface area contributed by atoms with E-state index in [0.717, 1.165) is 40.8 Å². The molecule has 0 aliphatic carbocycles. The van der Waals surface area contributed by atoms with Crippen molar-refractivity contribution in [2.45, 2.75) is 0 Å². The summed E-state index contributed by atoms with van der Waals surface area (Å²) in [4.78, 5) is 18.8. The van der Waals surface area contributed by atoms with E-state index in [0.29, 0.717) is 23.8 Å². The Bertz CT molecular complexity index is 1230. The molecule has 1 aliphatic rings. The Morgan fingerprint density at radius 1 is 0.970 bits per heavy atom. The van der Waals surface area contributed by atoms with Gasteiger partial charge in [-0.2, -0.15) is 5.10 Å². The molecule has 1 saturated heterocycles. The molecule has 0 N–H and O–H groups in total. The van der Waals surface area contributed by atoms with Gasteiger partial charge in [0.2, 0.25) is 0 Å². The molecular formula is C25H23ClN4O2S. The Morgan fingerprint density at radius 3 is 2.30 bits per heavy atom. The number of piperazine rings is 1. The van der Waals surface area contributed by atoms with Crippen LogP contribution >= 0.6 is 22.9 Å². The number of hydrogen-bond donors (Lipinski definition) is 0. The van der Waals surface area contributed by atoms with Crippen molar-refractivity contribution in [2.75, 3.05) is 38.2 Å². The van der Waals surface area contributed by atoms with Gasteiger partial charge >= 0.3 is 0 Å². The molecule has 0 bridgehead atoms. The highest BCUT2D eigenvalue weighted by Gasteiger charge is 2.26. The summed E-state index contributed by atoms with van der Waals surface area (Å²) in [6.07, 6.45) is 0. The summed E-state index contributed by atoms with van der Waals surface area (Å²) in [5.74, 6) is 0.819. The van der Waals surface area contributed by atoms with Gasteiger partial charge in [-0.05, 0) is 66.0 Å². The lowest BCUT2D eigenvalue weighted by Crippen LogP contribution is -2.49. The van der Waals surface area contributed by atoms with Crippen LogP contribution in [0.4, 0.5) is 5.69 Å². The van der Waals surface area contributed by atoms with Crippen LogP contribution in [0.2, 0.25) is 5.02 Å². The molecule has 1 aliphatic heterocycles. The van der Waals surface area contributed by atoms with Crippen molar-refractivity contribution < 1.29 is 9.53 Å². The molecular weight excluding hydrogens is 456 g/mol. The van der Waals surface area contributed by atoms with Crippen LogP contribution in [0, 0.1) is 0 Å². The third kappa shape index (κ3) is 4.47. The van der Waals surface area contributed by atoms with Gasteiger partial charge in [-0.25, -0.2) is 4.68 Å². The van der Waals surface area contributed by atoms with Gasteiger partial charge in [0.1, 0.15) is 17.1 Å². The molecule has 0 spiro atoms. The molecule has 4 aromatic rings. The topological polar surface area (TPSA) is 50.6 Å². The molecule has 1 amide bonds. The number of hydrogen-bond acceptors (Lipinski definition) is 5. The zero-order chi connectivity index (χ0) is 22.8. The highest BCUT2D eigenvalue weighted by atomic mass is 35.5.